The van der Waals surface area contributed by atoms with E-state index in [4.69, 9.17) is 0 Å². The highest BCUT2D eigenvalue weighted by atomic mass is 79.9. The summed E-state index contributed by atoms with van der Waals surface area (Å²) in [6, 6.07) is 0.262. The summed E-state index contributed by atoms with van der Waals surface area (Å²) in [5, 5.41) is 7.26. The van der Waals surface area contributed by atoms with Gasteiger partial charge in [0.1, 0.15) is 12.3 Å². The van der Waals surface area contributed by atoms with Gasteiger partial charge in [-0.15, -0.1) is 12.4 Å². The Morgan fingerprint density at radius 3 is 2.96 bits per heavy atom. The normalized spacial score (nSPS) is 19.8. The first-order valence-electron chi connectivity index (χ1n) is 9.18. The van der Waals surface area contributed by atoms with Gasteiger partial charge in [0.05, 0.1) is 21.2 Å². The number of hydrogen-bond acceptors (Lipinski definition) is 4. The molecule has 9 heteroatoms. The first-order chi connectivity index (χ1) is 12.7. The SMILES string of the molecule is Cl.O=C(Nc1c[nH]c2ncc(Br)c(N3CCC[C@@H](NCCF)C3)c12)C1CC1. The van der Waals surface area contributed by atoms with Crippen LogP contribution < -0.4 is 15.5 Å². The molecular formula is C18H24BrClFN5O. The predicted molar refractivity (Wildman–Crippen MR) is 112 cm³/mol. The maximum Gasteiger partial charge on any atom is 0.227 e. The van der Waals surface area contributed by atoms with Crippen molar-refractivity contribution in [3.63, 3.8) is 0 Å². The summed E-state index contributed by atoms with van der Waals surface area (Å²) in [5.41, 5.74) is 2.57. The molecule has 0 spiro atoms. The van der Waals surface area contributed by atoms with Crippen LogP contribution in [0.15, 0.2) is 16.9 Å². The summed E-state index contributed by atoms with van der Waals surface area (Å²) in [7, 11) is 0. The topological polar surface area (TPSA) is 73.0 Å². The van der Waals surface area contributed by atoms with Gasteiger partial charge in [-0.05, 0) is 41.6 Å². The minimum atomic E-state index is -0.352. The van der Waals surface area contributed by atoms with Crippen LogP contribution in [0.5, 0.6) is 0 Å². The van der Waals surface area contributed by atoms with E-state index in [0.29, 0.717) is 6.54 Å². The third kappa shape index (κ3) is 4.38. The molecule has 2 aliphatic rings. The third-order valence-corrected chi connectivity index (χ3v) is 5.68. The molecule has 1 aliphatic carbocycles. The fraction of sp³-hybridized carbons (Fsp3) is 0.556. The maximum absolute atomic E-state index is 12.5. The number of carbonyl (C=O) groups excluding carboxylic acids is 1. The second-order valence-electron chi connectivity index (χ2n) is 7.07. The van der Waals surface area contributed by atoms with Crippen LogP contribution in [0.3, 0.4) is 0 Å². The average molecular weight is 461 g/mol. The molecule has 0 aromatic carbocycles. The summed E-state index contributed by atoms with van der Waals surface area (Å²) >= 11 is 3.64. The molecule has 0 unspecified atom stereocenters. The van der Waals surface area contributed by atoms with Crippen molar-refractivity contribution in [2.24, 2.45) is 5.92 Å². The Bertz CT molecular complexity index is 812. The monoisotopic (exact) mass is 459 g/mol. The summed E-state index contributed by atoms with van der Waals surface area (Å²) in [6.07, 6.45) is 7.62. The molecule has 1 saturated carbocycles. The number of alkyl halides is 1. The molecule has 1 amide bonds. The zero-order valence-corrected chi connectivity index (χ0v) is 17.3. The fourth-order valence-corrected chi connectivity index (χ4v) is 4.20. The second kappa shape index (κ2) is 8.75. The third-order valence-electron chi connectivity index (χ3n) is 5.10. The number of piperidine rings is 1. The van der Waals surface area contributed by atoms with Crippen molar-refractivity contribution in [1.82, 2.24) is 15.3 Å². The largest absolute Gasteiger partial charge is 0.368 e. The van der Waals surface area contributed by atoms with Gasteiger partial charge in [-0.1, -0.05) is 0 Å². The van der Waals surface area contributed by atoms with Crippen LogP contribution in [0.25, 0.3) is 11.0 Å². The van der Waals surface area contributed by atoms with Crippen molar-refractivity contribution < 1.29 is 9.18 Å². The zero-order chi connectivity index (χ0) is 18.1. The van der Waals surface area contributed by atoms with Crippen LogP contribution in [-0.4, -0.2) is 48.2 Å². The molecule has 3 N–H and O–H groups in total. The van der Waals surface area contributed by atoms with Gasteiger partial charge in [0.15, 0.2) is 0 Å². The molecule has 6 nitrogen and oxygen atoms in total. The molecule has 2 aromatic rings. The van der Waals surface area contributed by atoms with Gasteiger partial charge in [0.25, 0.3) is 0 Å². The van der Waals surface area contributed by atoms with E-state index < -0.39 is 0 Å². The van der Waals surface area contributed by atoms with Crippen molar-refractivity contribution in [2.75, 3.05) is 36.5 Å². The number of nitrogens with one attached hydrogen (secondary N) is 3. The Morgan fingerprint density at radius 2 is 2.22 bits per heavy atom. The minimum Gasteiger partial charge on any atom is -0.368 e. The van der Waals surface area contributed by atoms with Gasteiger partial charge >= 0.3 is 0 Å². The van der Waals surface area contributed by atoms with Gasteiger partial charge in [0.2, 0.25) is 5.91 Å². The molecule has 2 aromatic heterocycles. The van der Waals surface area contributed by atoms with E-state index in [1.165, 1.54) is 0 Å². The number of nitrogens with zero attached hydrogens (tertiary/aromatic N) is 2. The molecule has 4 rings (SSSR count). The lowest BCUT2D eigenvalue weighted by Gasteiger charge is -2.35. The van der Waals surface area contributed by atoms with Crippen molar-refractivity contribution in [3.8, 4) is 0 Å². The molecule has 2 fully saturated rings. The zero-order valence-electron chi connectivity index (χ0n) is 14.9. The highest BCUT2D eigenvalue weighted by Crippen LogP contribution is 2.39. The molecule has 148 valence electrons. The first-order valence-corrected chi connectivity index (χ1v) is 9.97. The smallest absolute Gasteiger partial charge is 0.227 e. The van der Waals surface area contributed by atoms with E-state index in [-0.39, 0.29) is 36.9 Å². The van der Waals surface area contributed by atoms with E-state index in [9.17, 15) is 9.18 Å². The van der Waals surface area contributed by atoms with E-state index in [2.05, 4.69) is 41.4 Å². The Morgan fingerprint density at radius 1 is 1.41 bits per heavy atom. The number of aromatic nitrogens is 2. The van der Waals surface area contributed by atoms with Crippen LogP contribution in [0.2, 0.25) is 0 Å². The lowest BCUT2D eigenvalue weighted by Crippen LogP contribution is -2.46. The number of carbonyl (C=O) groups is 1. The van der Waals surface area contributed by atoms with E-state index in [1.54, 1.807) is 6.20 Å². The summed E-state index contributed by atoms with van der Waals surface area (Å²) in [4.78, 5) is 22.2. The Hall–Kier alpha value is -1.38. The number of halogens is 3. The van der Waals surface area contributed by atoms with Crippen molar-refractivity contribution in [1.29, 1.82) is 0 Å². The molecule has 0 radical (unpaired) electrons. The van der Waals surface area contributed by atoms with Crippen molar-refractivity contribution in [3.05, 3.63) is 16.9 Å². The van der Waals surface area contributed by atoms with Crippen molar-refractivity contribution in [2.45, 2.75) is 31.7 Å². The molecule has 27 heavy (non-hydrogen) atoms. The average Bonchev–Trinajstić information content (AvgIpc) is 3.43. The number of fused-ring (bicyclic) bond motifs is 1. The molecule has 1 saturated heterocycles. The van der Waals surface area contributed by atoms with Gasteiger partial charge in [-0.25, -0.2) is 9.37 Å². The number of H-pyrrole nitrogens is 1. The summed E-state index contributed by atoms with van der Waals surface area (Å²) in [6.45, 7) is 1.76. The number of amides is 1. The molecular weight excluding hydrogens is 437 g/mol. The fourth-order valence-electron chi connectivity index (χ4n) is 3.65. The van der Waals surface area contributed by atoms with E-state index >= 15 is 0 Å². The second-order valence-corrected chi connectivity index (χ2v) is 7.93. The first kappa shape index (κ1) is 20.4. The van der Waals surface area contributed by atoms with Crippen LogP contribution in [0, 0.1) is 5.92 Å². The molecule has 3 heterocycles. The quantitative estimate of drug-likeness (QED) is 0.615. The molecule has 0 bridgehead atoms. The summed E-state index contributed by atoms with van der Waals surface area (Å²) < 4.78 is 13.4. The van der Waals surface area contributed by atoms with E-state index in [0.717, 1.165) is 65.7 Å². The Labute approximate surface area is 172 Å². The van der Waals surface area contributed by atoms with Crippen molar-refractivity contribution >= 4 is 56.7 Å². The van der Waals surface area contributed by atoms with E-state index in [1.807, 2.05) is 6.20 Å². The van der Waals surface area contributed by atoms with Crippen LogP contribution in [0.4, 0.5) is 15.8 Å². The van der Waals surface area contributed by atoms with Crippen LogP contribution in [0.1, 0.15) is 25.7 Å². The van der Waals surface area contributed by atoms with Crippen LogP contribution in [-0.2, 0) is 4.79 Å². The standard InChI is InChI=1S/C18H23BrFN5O.ClH/c19-13-8-22-17-15(14(9-23-17)24-18(26)11-3-4-11)16(13)25-7-1-2-12(10-25)21-6-5-20;/h8-9,11-12,21H,1-7,10H2,(H,22,23)(H,24,26);1H/t12-;/m1./s1. The molecule has 1 atom stereocenters. The highest BCUT2D eigenvalue weighted by molar-refractivity contribution is 9.10. The van der Waals surface area contributed by atoms with Crippen LogP contribution >= 0.6 is 28.3 Å². The molecule has 1 aliphatic heterocycles. The van der Waals surface area contributed by atoms with Gasteiger partial charge in [-0.3, -0.25) is 4.79 Å². The number of rotatable bonds is 6. The predicted octanol–water partition coefficient (Wildman–Crippen LogP) is 3.62. The maximum atomic E-state index is 12.5. The number of anilines is 2. The van der Waals surface area contributed by atoms with Gasteiger partial charge < -0.3 is 20.5 Å². The van der Waals surface area contributed by atoms with Gasteiger partial charge in [-0.2, -0.15) is 0 Å². The lowest BCUT2D eigenvalue weighted by atomic mass is 10.0. The number of hydrogen-bond donors (Lipinski definition) is 3. The highest BCUT2D eigenvalue weighted by Gasteiger charge is 2.31. The van der Waals surface area contributed by atoms with Gasteiger partial charge in [0, 0.05) is 44.0 Å². The Kier molecular flexibility index (Phi) is 6.60. The number of pyridine rings is 1. The summed E-state index contributed by atoms with van der Waals surface area (Å²) in [5.74, 6) is 0.228. The minimum absolute atomic E-state index is 0. The number of aromatic amines is 1. The Balaban J connectivity index is 0.00000210. The lowest BCUT2D eigenvalue weighted by molar-refractivity contribution is -0.117.